The Hall–Kier alpha value is -0.290. The lowest BCUT2D eigenvalue weighted by Gasteiger charge is -2.22. The highest BCUT2D eigenvalue weighted by molar-refractivity contribution is 8.12. The maximum atomic E-state index is 11.3. The first kappa shape index (κ1) is 8.31. The molecule has 1 saturated carbocycles. The van der Waals surface area contributed by atoms with Crippen LogP contribution in [0.3, 0.4) is 0 Å². The van der Waals surface area contributed by atoms with Crippen LogP contribution >= 0.6 is 10.7 Å². The Morgan fingerprint density at radius 2 is 2.08 bits per heavy atom. The lowest BCUT2D eigenvalue weighted by molar-refractivity contribution is -0.129. The highest BCUT2D eigenvalue weighted by Gasteiger charge is 2.49. The molecule has 2 aliphatic rings. The largest absolute Gasteiger partial charge is 0.324 e. The van der Waals surface area contributed by atoms with Crippen molar-refractivity contribution in [2.45, 2.75) is 25.3 Å². The number of nitrogens with zero attached hydrogens (tertiary/aromatic N) is 1. The third kappa shape index (κ3) is 1.03. The lowest BCUT2D eigenvalue weighted by Crippen LogP contribution is -2.39. The molecule has 1 aliphatic heterocycles. The fourth-order valence-electron chi connectivity index (χ4n) is 2.04. The quantitative estimate of drug-likeness (QED) is 0.591. The van der Waals surface area contributed by atoms with E-state index in [0.29, 0.717) is 6.42 Å². The van der Waals surface area contributed by atoms with Gasteiger partial charge in [0.15, 0.2) is 0 Å². The van der Waals surface area contributed by atoms with Crippen LogP contribution in [0.5, 0.6) is 0 Å². The minimum Gasteiger partial charge on any atom is -0.273 e. The van der Waals surface area contributed by atoms with E-state index in [9.17, 15) is 13.2 Å². The van der Waals surface area contributed by atoms with Crippen molar-refractivity contribution in [3.63, 3.8) is 0 Å². The summed E-state index contributed by atoms with van der Waals surface area (Å²) in [5.74, 6) is -0.412. The number of rotatable bonds is 1. The van der Waals surface area contributed by atoms with Crippen molar-refractivity contribution in [2.75, 3.05) is 0 Å². The Bertz CT molecular complexity index is 326. The van der Waals surface area contributed by atoms with Crippen LogP contribution in [0.4, 0.5) is 0 Å². The van der Waals surface area contributed by atoms with E-state index in [2.05, 4.69) is 0 Å². The van der Waals surface area contributed by atoms with Crippen molar-refractivity contribution in [1.82, 2.24) is 4.31 Å². The molecule has 1 heterocycles. The molecule has 1 amide bonds. The lowest BCUT2D eigenvalue weighted by atomic mass is 10.1. The van der Waals surface area contributed by atoms with Crippen molar-refractivity contribution in [2.24, 2.45) is 5.92 Å². The highest BCUT2D eigenvalue weighted by atomic mass is 35.7. The van der Waals surface area contributed by atoms with Crippen LogP contribution in [-0.4, -0.2) is 24.7 Å². The standard InChI is InChI=1S/C6H8ClNO3S/c7-12(10,11)8-5-2-1-4(3-5)6(8)9/h4-5H,1-3H2. The van der Waals surface area contributed by atoms with Gasteiger partial charge < -0.3 is 0 Å². The van der Waals surface area contributed by atoms with Crippen molar-refractivity contribution in [3.8, 4) is 0 Å². The molecule has 1 aliphatic carbocycles. The maximum absolute atomic E-state index is 11.3. The van der Waals surface area contributed by atoms with Crippen LogP contribution < -0.4 is 0 Å². The summed E-state index contributed by atoms with van der Waals surface area (Å²) >= 11 is 0. The Balaban J connectivity index is 2.35. The molecule has 2 bridgehead atoms. The third-order valence-electron chi connectivity index (χ3n) is 2.54. The van der Waals surface area contributed by atoms with Crippen molar-refractivity contribution in [3.05, 3.63) is 0 Å². The van der Waals surface area contributed by atoms with Gasteiger partial charge in [0.25, 0.3) is 0 Å². The predicted octanol–water partition coefficient (Wildman–Crippen LogP) is 0.481. The topological polar surface area (TPSA) is 54.5 Å². The maximum Gasteiger partial charge on any atom is 0.324 e. The minimum atomic E-state index is -3.83. The van der Waals surface area contributed by atoms with Crippen LogP contribution in [0.2, 0.25) is 0 Å². The first-order chi connectivity index (χ1) is 5.50. The minimum absolute atomic E-state index is 0.0940. The number of piperidine rings is 1. The molecule has 68 valence electrons. The Morgan fingerprint density at radius 3 is 2.42 bits per heavy atom. The summed E-state index contributed by atoms with van der Waals surface area (Å²) in [4.78, 5) is 11.3. The van der Waals surface area contributed by atoms with E-state index in [1.165, 1.54) is 0 Å². The fraction of sp³-hybridized carbons (Fsp3) is 0.833. The summed E-state index contributed by atoms with van der Waals surface area (Å²) in [6.45, 7) is 0. The Kier molecular flexibility index (Phi) is 1.63. The summed E-state index contributed by atoms with van der Waals surface area (Å²) in [5.41, 5.74) is 0. The highest BCUT2D eigenvalue weighted by Crippen LogP contribution is 2.40. The van der Waals surface area contributed by atoms with Crippen LogP contribution in [0.15, 0.2) is 0 Å². The molecule has 4 nitrogen and oxygen atoms in total. The number of carbonyl (C=O) groups excluding carboxylic acids is 1. The zero-order valence-corrected chi connectivity index (χ0v) is 7.81. The van der Waals surface area contributed by atoms with Gasteiger partial charge in [-0.2, -0.15) is 8.42 Å². The number of hydrogen-bond donors (Lipinski definition) is 0. The normalized spacial score (nSPS) is 34.8. The van der Waals surface area contributed by atoms with E-state index in [1.807, 2.05) is 0 Å². The Labute approximate surface area is 75.0 Å². The van der Waals surface area contributed by atoms with Gasteiger partial charge >= 0.3 is 9.24 Å². The van der Waals surface area contributed by atoms with Gasteiger partial charge in [-0.15, -0.1) is 0 Å². The van der Waals surface area contributed by atoms with Crippen LogP contribution in [0.1, 0.15) is 19.3 Å². The summed E-state index contributed by atoms with van der Waals surface area (Å²) in [6, 6.07) is -0.162. The second-order valence-corrected chi connectivity index (χ2v) is 5.63. The molecule has 1 saturated heterocycles. The molecule has 0 spiro atoms. The molecule has 0 aromatic carbocycles. The van der Waals surface area contributed by atoms with E-state index in [4.69, 9.17) is 10.7 Å². The molecule has 12 heavy (non-hydrogen) atoms. The zero-order valence-electron chi connectivity index (χ0n) is 6.23. The molecule has 2 fully saturated rings. The van der Waals surface area contributed by atoms with Crippen LogP contribution in [-0.2, 0) is 14.0 Å². The second-order valence-electron chi connectivity index (χ2n) is 3.24. The summed E-state index contributed by atoms with van der Waals surface area (Å²) in [5, 5.41) is 0. The summed E-state index contributed by atoms with van der Waals surface area (Å²) in [6.07, 6.45) is 2.24. The first-order valence-electron chi connectivity index (χ1n) is 3.78. The number of carbonyl (C=O) groups is 1. The summed E-state index contributed by atoms with van der Waals surface area (Å²) in [7, 11) is 1.28. The fourth-order valence-corrected chi connectivity index (χ4v) is 3.49. The molecule has 2 unspecified atom stereocenters. The summed E-state index contributed by atoms with van der Waals surface area (Å²) < 4.78 is 22.6. The molecule has 0 aromatic rings. The second kappa shape index (κ2) is 2.35. The van der Waals surface area contributed by atoms with Gasteiger partial charge in [-0.05, 0) is 19.3 Å². The number of hydrogen-bond acceptors (Lipinski definition) is 3. The van der Waals surface area contributed by atoms with E-state index in [-0.39, 0.29) is 17.9 Å². The van der Waals surface area contributed by atoms with Gasteiger partial charge in [0.2, 0.25) is 5.91 Å². The smallest absolute Gasteiger partial charge is 0.273 e. The zero-order chi connectivity index (χ0) is 8.93. The van der Waals surface area contributed by atoms with Crippen molar-refractivity contribution in [1.29, 1.82) is 0 Å². The Morgan fingerprint density at radius 1 is 1.42 bits per heavy atom. The van der Waals surface area contributed by atoms with E-state index >= 15 is 0 Å². The van der Waals surface area contributed by atoms with E-state index in [0.717, 1.165) is 17.1 Å². The molecule has 2 atom stereocenters. The average molecular weight is 210 g/mol. The van der Waals surface area contributed by atoms with E-state index in [1.54, 1.807) is 0 Å². The van der Waals surface area contributed by atoms with Crippen molar-refractivity contribution >= 4 is 25.8 Å². The molecule has 0 radical (unpaired) electrons. The van der Waals surface area contributed by atoms with Gasteiger partial charge in [-0.3, -0.25) is 4.79 Å². The molecule has 0 aromatic heterocycles. The van der Waals surface area contributed by atoms with Gasteiger partial charge in [-0.25, -0.2) is 4.31 Å². The molecule has 0 N–H and O–H groups in total. The molecular formula is C6H8ClNO3S. The van der Waals surface area contributed by atoms with Gasteiger partial charge in [0.05, 0.1) is 0 Å². The predicted molar refractivity (Wildman–Crippen MR) is 42.7 cm³/mol. The van der Waals surface area contributed by atoms with Gasteiger partial charge in [0, 0.05) is 22.6 Å². The van der Waals surface area contributed by atoms with Crippen LogP contribution in [0, 0.1) is 5.92 Å². The molecular weight excluding hydrogens is 202 g/mol. The van der Waals surface area contributed by atoms with Gasteiger partial charge in [0.1, 0.15) is 0 Å². The molecule has 2 rings (SSSR count). The van der Waals surface area contributed by atoms with Crippen molar-refractivity contribution < 1.29 is 13.2 Å². The SMILES string of the molecule is O=C1C2CCC(C2)N1S(=O)(=O)Cl. The van der Waals surface area contributed by atoms with Crippen LogP contribution in [0.25, 0.3) is 0 Å². The average Bonchev–Trinajstić information content (AvgIpc) is 2.42. The molecule has 6 heteroatoms. The number of amides is 1. The van der Waals surface area contributed by atoms with Gasteiger partial charge in [-0.1, -0.05) is 0 Å². The van der Waals surface area contributed by atoms with E-state index < -0.39 is 9.24 Å². The number of halogens is 1. The number of fused-ring (bicyclic) bond motifs is 2. The first-order valence-corrected chi connectivity index (χ1v) is 6.04. The monoisotopic (exact) mass is 209 g/mol. The third-order valence-corrected chi connectivity index (χ3v) is 3.93.